The molecule has 0 bridgehead atoms. The molecular formula is C19H19NO3S. The van der Waals surface area contributed by atoms with Crippen molar-refractivity contribution in [2.24, 2.45) is 0 Å². The molecule has 24 heavy (non-hydrogen) atoms. The Morgan fingerprint density at radius 2 is 1.79 bits per heavy atom. The van der Waals surface area contributed by atoms with Crippen molar-refractivity contribution in [1.29, 1.82) is 0 Å². The van der Waals surface area contributed by atoms with Crippen LogP contribution in [0.5, 0.6) is 0 Å². The Balaban J connectivity index is 1.85. The van der Waals surface area contributed by atoms with Crippen molar-refractivity contribution < 1.29 is 14.7 Å². The number of carboxylic acids is 1. The fourth-order valence-corrected chi connectivity index (χ4v) is 4.22. The molecule has 1 atom stereocenters. The molecule has 1 amide bonds. The summed E-state index contributed by atoms with van der Waals surface area (Å²) < 4.78 is 0. The largest absolute Gasteiger partial charge is 0.480 e. The van der Waals surface area contributed by atoms with Crippen molar-refractivity contribution in [2.75, 3.05) is 12.3 Å². The molecule has 0 spiro atoms. The van der Waals surface area contributed by atoms with Crippen LogP contribution in [0.2, 0.25) is 0 Å². The Kier molecular flexibility index (Phi) is 5.20. The van der Waals surface area contributed by atoms with E-state index in [0.717, 1.165) is 23.3 Å². The van der Waals surface area contributed by atoms with E-state index in [0.29, 0.717) is 6.54 Å². The van der Waals surface area contributed by atoms with Crippen LogP contribution >= 0.6 is 11.8 Å². The minimum Gasteiger partial charge on any atom is -0.480 e. The van der Waals surface area contributed by atoms with Crippen molar-refractivity contribution in [3.63, 3.8) is 0 Å². The van der Waals surface area contributed by atoms with Crippen molar-refractivity contribution in [2.45, 2.75) is 18.2 Å². The van der Waals surface area contributed by atoms with E-state index in [1.807, 2.05) is 54.6 Å². The van der Waals surface area contributed by atoms with Gasteiger partial charge in [0.1, 0.15) is 11.8 Å². The zero-order valence-electron chi connectivity index (χ0n) is 13.2. The standard InChI is InChI=1S/C19H19NO3S/c21-17(22)13-20(12-14-6-2-1-3-7-14)19(23)18-16-9-5-4-8-15(16)10-11-24-18/h1-9,18H,10-13H2,(H,21,22). The predicted octanol–water partition coefficient (Wildman–Crippen LogP) is 3.13. The molecule has 2 aromatic carbocycles. The van der Waals surface area contributed by atoms with Gasteiger partial charge in [-0.15, -0.1) is 11.8 Å². The fourth-order valence-electron chi connectivity index (χ4n) is 2.94. The summed E-state index contributed by atoms with van der Waals surface area (Å²) in [4.78, 5) is 25.7. The van der Waals surface area contributed by atoms with Gasteiger partial charge in [-0.2, -0.15) is 0 Å². The van der Waals surface area contributed by atoms with E-state index in [-0.39, 0.29) is 17.7 Å². The smallest absolute Gasteiger partial charge is 0.323 e. The number of fused-ring (bicyclic) bond motifs is 1. The lowest BCUT2D eigenvalue weighted by Gasteiger charge is -2.29. The number of nitrogens with zero attached hydrogens (tertiary/aromatic N) is 1. The molecule has 1 N–H and O–H groups in total. The molecule has 0 aliphatic carbocycles. The molecule has 0 radical (unpaired) electrons. The molecule has 1 aliphatic rings. The van der Waals surface area contributed by atoms with Crippen LogP contribution in [0, 0.1) is 0 Å². The third kappa shape index (κ3) is 3.79. The highest BCUT2D eigenvalue weighted by Crippen LogP contribution is 2.38. The van der Waals surface area contributed by atoms with Gasteiger partial charge in [-0.3, -0.25) is 9.59 Å². The molecule has 0 aromatic heterocycles. The summed E-state index contributed by atoms with van der Waals surface area (Å²) in [6.07, 6.45) is 0.947. The summed E-state index contributed by atoms with van der Waals surface area (Å²) in [6.45, 7) is 0.0259. The van der Waals surface area contributed by atoms with Crippen molar-refractivity contribution in [3.8, 4) is 0 Å². The lowest BCUT2D eigenvalue weighted by atomic mass is 10.0. The molecule has 0 fully saturated rings. The first-order chi connectivity index (χ1) is 11.6. The minimum absolute atomic E-state index is 0.126. The Morgan fingerprint density at radius 1 is 1.08 bits per heavy atom. The van der Waals surface area contributed by atoms with Crippen molar-refractivity contribution >= 4 is 23.6 Å². The van der Waals surface area contributed by atoms with E-state index in [9.17, 15) is 14.7 Å². The number of carbonyl (C=O) groups is 2. The average Bonchev–Trinajstić information content (AvgIpc) is 2.60. The van der Waals surface area contributed by atoms with Gasteiger partial charge >= 0.3 is 5.97 Å². The molecule has 124 valence electrons. The maximum absolute atomic E-state index is 13.0. The van der Waals surface area contributed by atoms with Crippen LogP contribution in [0.4, 0.5) is 0 Å². The van der Waals surface area contributed by atoms with Crippen LogP contribution in [0.15, 0.2) is 54.6 Å². The normalized spacial score (nSPS) is 16.2. The third-order valence-corrected chi connectivity index (χ3v) is 5.30. The Bertz CT molecular complexity index is 732. The predicted molar refractivity (Wildman–Crippen MR) is 94.8 cm³/mol. The molecule has 4 nitrogen and oxygen atoms in total. The van der Waals surface area contributed by atoms with E-state index in [2.05, 4.69) is 0 Å². The van der Waals surface area contributed by atoms with E-state index in [4.69, 9.17) is 0 Å². The second-order valence-corrected chi connectivity index (χ2v) is 6.99. The van der Waals surface area contributed by atoms with Gasteiger partial charge in [0.05, 0.1) is 0 Å². The highest BCUT2D eigenvalue weighted by atomic mass is 32.2. The second kappa shape index (κ2) is 7.53. The second-order valence-electron chi connectivity index (χ2n) is 5.77. The van der Waals surface area contributed by atoms with Crippen molar-refractivity contribution in [3.05, 3.63) is 71.3 Å². The van der Waals surface area contributed by atoms with Gasteiger partial charge < -0.3 is 10.0 Å². The Labute approximate surface area is 145 Å². The SMILES string of the molecule is O=C(O)CN(Cc1ccccc1)C(=O)C1SCCc2ccccc21. The first-order valence-corrected chi connectivity index (χ1v) is 8.94. The summed E-state index contributed by atoms with van der Waals surface area (Å²) in [5.74, 6) is -0.244. The van der Waals surface area contributed by atoms with Gasteiger partial charge in [-0.05, 0) is 28.9 Å². The first-order valence-electron chi connectivity index (χ1n) is 7.89. The Hall–Kier alpha value is -2.27. The maximum Gasteiger partial charge on any atom is 0.323 e. The minimum atomic E-state index is -0.992. The van der Waals surface area contributed by atoms with Crippen LogP contribution in [0.3, 0.4) is 0 Å². The molecule has 0 saturated carbocycles. The van der Waals surface area contributed by atoms with E-state index in [1.54, 1.807) is 11.8 Å². The van der Waals surface area contributed by atoms with Crippen LogP contribution in [-0.4, -0.2) is 34.2 Å². The summed E-state index contributed by atoms with van der Waals surface area (Å²) in [7, 11) is 0. The highest BCUT2D eigenvalue weighted by molar-refractivity contribution is 8.00. The Morgan fingerprint density at radius 3 is 2.54 bits per heavy atom. The number of amides is 1. The molecule has 0 saturated heterocycles. The highest BCUT2D eigenvalue weighted by Gasteiger charge is 2.31. The number of carboxylic acid groups (broad SMARTS) is 1. The molecule has 1 aliphatic heterocycles. The number of hydrogen-bond donors (Lipinski definition) is 1. The number of benzene rings is 2. The lowest BCUT2D eigenvalue weighted by Crippen LogP contribution is -2.38. The van der Waals surface area contributed by atoms with E-state index >= 15 is 0 Å². The number of carbonyl (C=O) groups excluding carboxylic acids is 1. The third-order valence-electron chi connectivity index (χ3n) is 4.07. The summed E-state index contributed by atoms with van der Waals surface area (Å²) in [6, 6.07) is 17.4. The number of aliphatic carboxylic acids is 1. The number of rotatable bonds is 5. The van der Waals surface area contributed by atoms with Crippen LogP contribution in [-0.2, 0) is 22.6 Å². The molecule has 2 aromatic rings. The number of hydrogen-bond acceptors (Lipinski definition) is 3. The van der Waals surface area contributed by atoms with Gasteiger partial charge in [0.2, 0.25) is 5.91 Å². The van der Waals surface area contributed by atoms with E-state index < -0.39 is 5.97 Å². The van der Waals surface area contributed by atoms with Crippen molar-refractivity contribution in [1.82, 2.24) is 4.90 Å². The quantitative estimate of drug-likeness (QED) is 0.908. The molecular weight excluding hydrogens is 322 g/mol. The average molecular weight is 341 g/mol. The van der Waals surface area contributed by atoms with Crippen LogP contribution < -0.4 is 0 Å². The van der Waals surface area contributed by atoms with E-state index in [1.165, 1.54) is 10.5 Å². The van der Waals surface area contributed by atoms with Crippen LogP contribution in [0.25, 0.3) is 0 Å². The summed E-state index contributed by atoms with van der Waals surface area (Å²) >= 11 is 1.60. The van der Waals surface area contributed by atoms with Gasteiger partial charge in [-0.25, -0.2) is 0 Å². The first kappa shape index (κ1) is 16.6. The molecule has 3 rings (SSSR count). The molecule has 1 heterocycles. The molecule has 1 unspecified atom stereocenters. The maximum atomic E-state index is 13.0. The number of thioether (sulfide) groups is 1. The lowest BCUT2D eigenvalue weighted by molar-refractivity contribution is -0.144. The van der Waals surface area contributed by atoms with Gasteiger partial charge in [0.25, 0.3) is 0 Å². The summed E-state index contributed by atoms with van der Waals surface area (Å²) in [5, 5.41) is 8.88. The van der Waals surface area contributed by atoms with Gasteiger partial charge in [-0.1, -0.05) is 54.6 Å². The topological polar surface area (TPSA) is 57.6 Å². The monoisotopic (exact) mass is 341 g/mol. The van der Waals surface area contributed by atoms with Gasteiger partial charge in [0, 0.05) is 6.54 Å². The van der Waals surface area contributed by atoms with Crippen LogP contribution in [0.1, 0.15) is 21.9 Å². The zero-order valence-corrected chi connectivity index (χ0v) is 14.0. The summed E-state index contributed by atoms with van der Waals surface area (Å²) in [5.41, 5.74) is 3.13. The zero-order chi connectivity index (χ0) is 16.9. The molecule has 5 heteroatoms. The number of aryl methyl sites for hydroxylation is 1. The van der Waals surface area contributed by atoms with Gasteiger partial charge in [0.15, 0.2) is 0 Å². The fraction of sp³-hybridized carbons (Fsp3) is 0.263.